The Morgan fingerprint density at radius 2 is 2.07 bits per heavy atom. The van der Waals surface area contributed by atoms with Gasteiger partial charge in [-0.1, -0.05) is 15.9 Å². The maximum atomic E-state index is 12.8. The van der Waals surface area contributed by atoms with Crippen LogP contribution in [-0.4, -0.2) is 17.0 Å². The van der Waals surface area contributed by atoms with E-state index in [1.807, 2.05) is 0 Å². The molecule has 0 aliphatic carbocycles. The van der Waals surface area contributed by atoms with Crippen LogP contribution >= 0.6 is 15.9 Å². The fraction of sp³-hybridized carbons (Fsp3) is 0.111. The average Bonchev–Trinajstić information content (AvgIpc) is 1.98. The number of hydrogen-bond acceptors (Lipinski definition) is 2. The smallest absolute Gasteiger partial charge is 0.312 e. The van der Waals surface area contributed by atoms with Gasteiger partial charge in [-0.2, -0.15) is 0 Å². The number of amides is 1. The van der Waals surface area contributed by atoms with Crippen molar-refractivity contribution in [1.82, 2.24) is 0 Å². The van der Waals surface area contributed by atoms with Crippen LogP contribution in [0.1, 0.15) is 6.42 Å². The summed E-state index contributed by atoms with van der Waals surface area (Å²) in [7, 11) is 0. The van der Waals surface area contributed by atoms with Crippen LogP contribution in [0, 0.1) is 5.82 Å². The quantitative estimate of drug-likeness (QED) is 0.830. The van der Waals surface area contributed by atoms with Gasteiger partial charge in [0, 0.05) is 10.2 Å². The number of aliphatic carboxylic acids is 1. The molecule has 0 aliphatic heterocycles. The first-order chi connectivity index (χ1) is 6.97. The molecule has 4 nitrogen and oxygen atoms in total. The van der Waals surface area contributed by atoms with Crippen LogP contribution < -0.4 is 5.32 Å². The molecule has 0 atom stereocenters. The molecule has 0 radical (unpaired) electrons. The lowest BCUT2D eigenvalue weighted by Gasteiger charge is -2.04. The van der Waals surface area contributed by atoms with Gasteiger partial charge < -0.3 is 10.4 Å². The van der Waals surface area contributed by atoms with Gasteiger partial charge in [0.1, 0.15) is 12.2 Å². The Balaban J connectivity index is 2.72. The monoisotopic (exact) mass is 275 g/mol. The standard InChI is InChI=1S/C9H7BrFNO3/c10-5-1-6(11)3-7(2-5)12-8(13)4-9(14)15/h1-3H,4H2,(H,12,13)(H,14,15). The van der Waals surface area contributed by atoms with Crippen LogP contribution in [-0.2, 0) is 9.59 Å². The van der Waals surface area contributed by atoms with Crippen molar-refractivity contribution in [2.24, 2.45) is 0 Å². The van der Waals surface area contributed by atoms with Crippen LogP contribution in [0.25, 0.3) is 0 Å². The minimum Gasteiger partial charge on any atom is -0.481 e. The van der Waals surface area contributed by atoms with Gasteiger partial charge in [0.2, 0.25) is 5.91 Å². The second kappa shape index (κ2) is 4.88. The highest BCUT2D eigenvalue weighted by Crippen LogP contribution is 2.18. The van der Waals surface area contributed by atoms with E-state index in [0.717, 1.165) is 6.07 Å². The molecule has 0 spiro atoms. The van der Waals surface area contributed by atoms with E-state index in [2.05, 4.69) is 21.2 Å². The molecule has 1 aromatic carbocycles. The van der Waals surface area contributed by atoms with Crippen molar-refractivity contribution in [1.29, 1.82) is 0 Å². The molecule has 80 valence electrons. The first-order valence-corrected chi connectivity index (χ1v) is 4.74. The molecule has 0 unspecified atom stereocenters. The van der Waals surface area contributed by atoms with Crippen LogP contribution in [0.5, 0.6) is 0 Å². The van der Waals surface area contributed by atoms with Crippen molar-refractivity contribution < 1.29 is 19.1 Å². The number of halogens is 2. The second-order valence-corrected chi connectivity index (χ2v) is 3.69. The van der Waals surface area contributed by atoms with Crippen LogP contribution in [0.2, 0.25) is 0 Å². The number of anilines is 1. The van der Waals surface area contributed by atoms with Gasteiger partial charge in [0.25, 0.3) is 0 Å². The molecule has 0 aromatic heterocycles. The zero-order valence-corrected chi connectivity index (χ0v) is 9.04. The Labute approximate surface area is 93.2 Å². The summed E-state index contributed by atoms with van der Waals surface area (Å²) >= 11 is 3.05. The number of benzene rings is 1. The van der Waals surface area contributed by atoms with E-state index in [0.29, 0.717) is 4.47 Å². The number of nitrogens with one attached hydrogen (secondary N) is 1. The molecule has 1 aromatic rings. The summed E-state index contributed by atoms with van der Waals surface area (Å²) in [6.45, 7) is 0. The molecule has 0 heterocycles. The van der Waals surface area contributed by atoms with E-state index in [1.165, 1.54) is 12.1 Å². The molecule has 0 aliphatic rings. The minimum atomic E-state index is -1.23. The van der Waals surface area contributed by atoms with E-state index >= 15 is 0 Å². The Morgan fingerprint density at radius 3 is 2.60 bits per heavy atom. The largest absolute Gasteiger partial charge is 0.481 e. The predicted molar refractivity (Wildman–Crippen MR) is 55.0 cm³/mol. The number of rotatable bonds is 3. The van der Waals surface area contributed by atoms with Gasteiger partial charge >= 0.3 is 5.97 Å². The summed E-state index contributed by atoms with van der Waals surface area (Å²) in [6, 6.07) is 3.81. The maximum absolute atomic E-state index is 12.8. The molecule has 0 bridgehead atoms. The lowest BCUT2D eigenvalue weighted by Crippen LogP contribution is -2.15. The van der Waals surface area contributed by atoms with E-state index in [-0.39, 0.29) is 5.69 Å². The topological polar surface area (TPSA) is 66.4 Å². The number of hydrogen-bond donors (Lipinski definition) is 2. The highest BCUT2D eigenvalue weighted by Gasteiger charge is 2.08. The maximum Gasteiger partial charge on any atom is 0.312 e. The summed E-state index contributed by atoms with van der Waals surface area (Å²) in [5, 5.41) is 10.6. The molecule has 0 saturated heterocycles. The summed E-state index contributed by atoms with van der Waals surface area (Å²) in [5.41, 5.74) is 0.216. The zero-order chi connectivity index (χ0) is 11.4. The van der Waals surface area contributed by atoms with Crippen molar-refractivity contribution in [2.75, 3.05) is 5.32 Å². The normalized spacial score (nSPS) is 9.73. The summed E-state index contributed by atoms with van der Waals surface area (Å²) < 4.78 is 13.3. The van der Waals surface area contributed by atoms with Gasteiger partial charge in [-0.25, -0.2) is 4.39 Å². The first-order valence-electron chi connectivity index (χ1n) is 3.95. The average molecular weight is 276 g/mol. The minimum absolute atomic E-state index is 0.216. The van der Waals surface area contributed by atoms with Gasteiger partial charge in [-0.05, 0) is 18.2 Å². The second-order valence-electron chi connectivity index (χ2n) is 2.78. The first kappa shape index (κ1) is 11.6. The third-order valence-corrected chi connectivity index (χ3v) is 1.92. The molecule has 0 fully saturated rings. The summed E-state index contributed by atoms with van der Waals surface area (Å²) in [4.78, 5) is 21.2. The van der Waals surface area contributed by atoms with Crippen molar-refractivity contribution in [3.8, 4) is 0 Å². The predicted octanol–water partition coefficient (Wildman–Crippen LogP) is 2.00. The molecule has 0 saturated carbocycles. The van der Waals surface area contributed by atoms with Crippen molar-refractivity contribution in [3.05, 3.63) is 28.5 Å². The number of carbonyl (C=O) groups excluding carboxylic acids is 1. The number of carbonyl (C=O) groups is 2. The molecule has 1 rings (SSSR count). The van der Waals surface area contributed by atoms with Crippen molar-refractivity contribution in [2.45, 2.75) is 6.42 Å². The number of carboxylic acids is 1. The van der Waals surface area contributed by atoms with Gasteiger partial charge in [0.15, 0.2) is 0 Å². The molecule has 1 amide bonds. The molecular formula is C9H7BrFNO3. The Hall–Kier alpha value is -1.43. The fourth-order valence-electron chi connectivity index (χ4n) is 0.969. The third-order valence-electron chi connectivity index (χ3n) is 1.46. The van der Waals surface area contributed by atoms with Crippen molar-refractivity contribution >= 4 is 33.5 Å². The Morgan fingerprint density at radius 1 is 1.40 bits per heavy atom. The SMILES string of the molecule is O=C(O)CC(=O)Nc1cc(F)cc(Br)c1. The van der Waals surface area contributed by atoms with Crippen LogP contribution in [0.15, 0.2) is 22.7 Å². The van der Waals surface area contributed by atoms with E-state index < -0.39 is 24.1 Å². The fourth-order valence-corrected chi connectivity index (χ4v) is 1.43. The van der Waals surface area contributed by atoms with Crippen molar-refractivity contribution in [3.63, 3.8) is 0 Å². The number of carboxylic acid groups (broad SMARTS) is 1. The third kappa shape index (κ3) is 4.07. The highest BCUT2D eigenvalue weighted by molar-refractivity contribution is 9.10. The van der Waals surface area contributed by atoms with E-state index in [4.69, 9.17) is 5.11 Å². The van der Waals surface area contributed by atoms with Crippen LogP contribution in [0.4, 0.5) is 10.1 Å². The Bertz CT molecular complexity index is 388. The van der Waals surface area contributed by atoms with Gasteiger partial charge in [-0.3, -0.25) is 9.59 Å². The summed E-state index contributed by atoms with van der Waals surface area (Å²) in [5.74, 6) is -2.45. The molecule has 6 heteroatoms. The zero-order valence-electron chi connectivity index (χ0n) is 7.46. The molecular weight excluding hydrogens is 269 g/mol. The lowest BCUT2D eigenvalue weighted by molar-refractivity contribution is -0.139. The highest BCUT2D eigenvalue weighted by atomic mass is 79.9. The lowest BCUT2D eigenvalue weighted by atomic mass is 10.3. The molecule has 2 N–H and O–H groups in total. The Kier molecular flexibility index (Phi) is 3.79. The van der Waals surface area contributed by atoms with Crippen LogP contribution in [0.3, 0.4) is 0 Å². The summed E-state index contributed by atoms with van der Waals surface area (Å²) in [6.07, 6.45) is -0.645. The van der Waals surface area contributed by atoms with E-state index in [1.54, 1.807) is 0 Å². The van der Waals surface area contributed by atoms with Gasteiger partial charge in [-0.15, -0.1) is 0 Å². The van der Waals surface area contributed by atoms with Gasteiger partial charge in [0.05, 0.1) is 0 Å². The van der Waals surface area contributed by atoms with E-state index in [9.17, 15) is 14.0 Å². The molecule has 15 heavy (non-hydrogen) atoms.